The highest BCUT2D eigenvalue weighted by Crippen LogP contribution is 2.30. The molecule has 0 amide bonds. The van der Waals surface area contributed by atoms with E-state index in [4.69, 9.17) is 5.26 Å². The highest BCUT2D eigenvalue weighted by molar-refractivity contribution is 14.1. The van der Waals surface area contributed by atoms with Crippen LogP contribution in [0.5, 0.6) is 0 Å². The second-order valence-electron chi connectivity index (χ2n) is 4.56. The summed E-state index contributed by atoms with van der Waals surface area (Å²) in [7, 11) is 1.80. The van der Waals surface area contributed by atoms with Crippen molar-refractivity contribution in [2.24, 2.45) is 0 Å². The van der Waals surface area contributed by atoms with Gasteiger partial charge < -0.3 is 4.90 Å². The maximum atomic E-state index is 11.2. The summed E-state index contributed by atoms with van der Waals surface area (Å²) in [6, 6.07) is 14.5. The Morgan fingerprint density at radius 1 is 1.33 bits per heavy atom. The van der Waals surface area contributed by atoms with Crippen LogP contribution in [0.1, 0.15) is 11.1 Å². The Balaban J connectivity index is 2.30. The molecule has 0 unspecified atom stereocenters. The average molecular weight is 393 g/mol. The van der Waals surface area contributed by atoms with Crippen molar-refractivity contribution in [3.8, 4) is 6.07 Å². The smallest absolute Gasteiger partial charge is 0.293 e. The van der Waals surface area contributed by atoms with E-state index in [0.717, 1.165) is 9.13 Å². The zero-order chi connectivity index (χ0) is 15.4. The Kier molecular flexibility index (Phi) is 4.75. The summed E-state index contributed by atoms with van der Waals surface area (Å²) >= 11 is 2.05. The van der Waals surface area contributed by atoms with Crippen LogP contribution in [0.2, 0.25) is 0 Å². The first-order valence-electron chi connectivity index (χ1n) is 6.15. The molecule has 0 atom stereocenters. The first kappa shape index (κ1) is 15.3. The number of anilines is 1. The molecule has 0 fully saturated rings. The van der Waals surface area contributed by atoms with E-state index in [9.17, 15) is 10.1 Å². The van der Waals surface area contributed by atoms with Gasteiger partial charge in [0.05, 0.1) is 16.6 Å². The lowest BCUT2D eigenvalue weighted by Crippen LogP contribution is -2.17. The summed E-state index contributed by atoms with van der Waals surface area (Å²) in [5, 5.41) is 20.1. The zero-order valence-electron chi connectivity index (χ0n) is 11.3. The highest BCUT2D eigenvalue weighted by atomic mass is 127. The Morgan fingerprint density at radius 3 is 2.76 bits per heavy atom. The highest BCUT2D eigenvalue weighted by Gasteiger charge is 2.17. The third-order valence-corrected chi connectivity index (χ3v) is 3.69. The Hall–Kier alpha value is -2.14. The van der Waals surface area contributed by atoms with E-state index in [1.54, 1.807) is 31.3 Å². The van der Waals surface area contributed by atoms with Gasteiger partial charge in [0.1, 0.15) is 5.69 Å². The van der Waals surface area contributed by atoms with Crippen LogP contribution in [0.25, 0.3) is 0 Å². The SMILES string of the molecule is CN(Cc1cccc(C#N)c1)c1ccc(I)cc1[N+](=O)[O-]. The van der Waals surface area contributed by atoms with Crippen molar-refractivity contribution < 1.29 is 4.92 Å². The summed E-state index contributed by atoms with van der Waals surface area (Å²) < 4.78 is 0.822. The molecule has 6 heteroatoms. The second kappa shape index (κ2) is 6.54. The first-order chi connectivity index (χ1) is 10.0. The number of nitrogens with zero attached hydrogens (tertiary/aromatic N) is 3. The Bertz CT molecular complexity index is 725. The minimum Gasteiger partial charge on any atom is -0.365 e. The van der Waals surface area contributed by atoms with E-state index in [1.165, 1.54) is 0 Å². The third-order valence-electron chi connectivity index (χ3n) is 3.02. The summed E-state index contributed by atoms with van der Waals surface area (Å²) in [5.74, 6) is 0. The molecule has 2 aromatic rings. The molecular formula is C15H12IN3O2. The predicted octanol–water partition coefficient (Wildman–Crippen LogP) is 3.71. The van der Waals surface area contributed by atoms with E-state index >= 15 is 0 Å². The molecule has 0 saturated carbocycles. The number of nitriles is 1. The predicted molar refractivity (Wildman–Crippen MR) is 89.1 cm³/mol. The lowest BCUT2D eigenvalue weighted by Gasteiger charge is -2.19. The van der Waals surface area contributed by atoms with Crippen LogP contribution in [0.15, 0.2) is 42.5 Å². The molecule has 2 rings (SSSR count). The average Bonchev–Trinajstić information content (AvgIpc) is 2.47. The number of rotatable bonds is 4. The fourth-order valence-corrected chi connectivity index (χ4v) is 2.54. The van der Waals surface area contributed by atoms with Crippen molar-refractivity contribution in [3.05, 3.63) is 67.3 Å². The van der Waals surface area contributed by atoms with Gasteiger partial charge in [0, 0.05) is 23.2 Å². The zero-order valence-corrected chi connectivity index (χ0v) is 13.4. The maximum absolute atomic E-state index is 11.2. The molecule has 0 bridgehead atoms. The van der Waals surface area contributed by atoms with Gasteiger partial charge in [0.25, 0.3) is 5.69 Å². The van der Waals surface area contributed by atoms with Crippen LogP contribution in [-0.4, -0.2) is 12.0 Å². The van der Waals surface area contributed by atoms with Crippen LogP contribution in [-0.2, 0) is 6.54 Å². The molecule has 21 heavy (non-hydrogen) atoms. The van der Waals surface area contributed by atoms with Crippen molar-refractivity contribution in [3.63, 3.8) is 0 Å². The molecule has 0 heterocycles. The maximum Gasteiger partial charge on any atom is 0.293 e. The minimum atomic E-state index is -0.375. The van der Waals surface area contributed by atoms with Crippen molar-refractivity contribution >= 4 is 34.0 Å². The minimum absolute atomic E-state index is 0.0841. The van der Waals surface area contributed by atoms with Gasteiger partial charge in [-0.25, -0.2) is 0 Å². The van der Waals surface area contributed by atoms with Gasteiger partial charge >= 0.3 is 0 Å². The van der Waals surface area contributed by atoms with E-state index in [-0.39, 0.29) is 10.6 Å². The molecule has 0 N–H and O–H groups in total. The number of nitro groups is 1. The monoisotopic (exact) mass is 393 g/mol. The van der Waals surface area contributed by atoms with Gasteiger partial charge in [-0.15, -0.1) is 0 Å². The molecular weight excluding hydrogens is 381 g/mol. The lowest BCUT2D eigenvalue weighted by atomic mass is 10.1. The van der Waals surface area contributed by atoms with Crippen LogP contribution < -0.4 is 4.90 Å². The van der Waals surface area contributed by atoms with E-state index in [2.05, 4.69) is 28.7 Å². The normalized spacial score (nSPS) is 9.95. The molecule has 0 spiro atoms. The van der Waals surface area contributed by atoms with Crippen LogP contribution in [0.4, 0.5) is 11.4 Å². The summed E-state index contributed by atoms with van der Waals surface area (Å²) in [4.78, 5) is 12.6. The fraction of sp³-hybridized carbons (Fsp3) is 0.133. The van der Waals surface area contributed by atoms with Crippen molar-refractivity contribution in [1.82, 2.24) is 0 Å². The van der Waals surface area contributed by atoms with Gasteiger partial charge in [0.15, 0.2) is 0 Å². The molecule has 0 aliphatic rings. The molecule has 0 radical (unpaired) electrons. The van der Waals surface area contributed by atoms with Crippen molar-refractivity contribution in [2.75, 3.05) is 11.9 Å². The third kappa shape index (κ3) is 3.70. The van der Waals surface area contributed by atoms with E-state index < -0.39 is 0 Å². The fourth-order valence-electron chi connectivity index (χ4n) is 2.06. The van der Waals surface area contributed by atoms with E-state index in [1.807, 2.05) is 23.1 Å². The standard InChI is InChI=1S/C15H12IN3O2/c1-18(10-12-4-2-3-11(7-12)9-17)14-6-5-13(16)8-15(14)19(20)21/h2-8H,10H2,1H3. The van der Waals surface area contributed by atoms with Gasteiger partial charge in [-0.05, 0) is 52.4 Å². The molecule has 106 valence electrons. The molecule has 5 nitrogen and oxygen atoms in total. The second-order valence-corrected chi connectivity index (χ2v) is 5.80. The van der Waals surface area contributed by atoms with E-state index in [0.29, 0.717) is 17.8 Å². The molecule has 0 saturated heterocycles. The molecule has 2 aromatic carbocycles. The molecule has 0 aromatic heterocycles. The Labute approximate surface area is 136 Å². The van der Waals surface area contributed by atoms with Gasteiger partial charge in [-0.1, -0.05) is 12.1 Å². The van der Waals surface area contributed by atoms with Crippen molar-refractivity contribution in [2.45, 2.75) is 6.54 Å². The van der Waals surface area contributed by atoms with Crippen LogP contribution >= 0.6 is 22.6 Å². The van der Waals surface area contributed by atoms with Gasteiger partial charge in [-0.3, -0.25) is 10.1 Å². The largest absolute Gasteiger partial charge is 0.365 e. The summed E-state index contributed by atoms with van der Waals surface area (Å²) in [6.07, 6.45) is 0. The number of hydrogen-bond donors (Lipinski definition) is 0. The number of hydrogen-bond acceptors (Lipinski definition) is 4. The number of halogens is 1. The van der Waals surface area contributed by atoms with Crippen LogP contribution in [0, 0.1) is 25.0 Å². The Morgan fingerprint density at radius 2 is 2.10 bits per heavy atom. The lowest BCUT2D eigenvalue weighted by molar-refractivity contribution is -0.384. The van der Waals surface area contributed by atoms with Gasteiger partial charge in [0.2, 0.25) is 0 Å². The van der Waals surface area contributed by atoms with Gasteiger partial charge in [-0.2, -0.15) is 5.26 Å². The number of nitro benzene ring substituents is 1. The summed E-state index contributed by atoms with van der Waals surface area (Å²) in [5.41, 5.74) is 2.16. The summed E-state index contributed by atoms with van der Waals surface area (Å²) in [6.45, 7) is 0.497. The quantitative estimate of drug-likeness (QED) is 0.451. The molecule has 0 aliphatic heterocycles. The van der Waals surface area contributed by atoms with Crippen LogP contribution in [0.3, 0.4) is 0 Å². The van der Waals surface area contributed by atoms with Crippen molar-refractivity contribution in [1.29, 1.82) is 5.26 Å². The number of benzene rings is 2. The topological polar surface area (TPSA) is 70.2 Å². The first-order valence-corrected chi connectivity index (χ1v) is 7.23. The molecule has 0 aliphatic carbocycles.